The monoisotopic (exact) mass is 357 g/mol. The van der Waals surface area contributed by atoms with E-state index in [9.17, 15) is 4.79 Å². The largest absolute Gasteiger partial charge is 0.462 e. The number of aryl methyl sites for hydroxylation is 1. The van der Waals surface area contributed by atoms with Gasteiger partial charge in [-0.3, -0.25) is 0 Å². The van der Waals surface area contributed by atoms with Crippen LogP contribution in [0, 0.1) is 6.92 Å². The van der Waals surface area contributed by atoms with Gasteiger partial charge in [-0.05, 0) is 37.6 Å². The molecule has 0 radical (unpaired) electrons. The smallest absolute Gasteiger partial charge is 0.343 e. The van der Waals surface area contributed by atoms with Crippen LogP contribution < -0.4 is 5.32 Å². The van der Waals surface area contributed by atoms with E-state index in [1.165, 1.54) is 6.20 Å². The van der Waals surface area contributed by atoms with Crippen molar-refractivity contribution in [1.29, 1.82) is 0 Å². The summed E-state index contributed by atoms with van der Waals surface area (Å²) < 4.78 is 6.72. The molecular formula is C17H16ClN5O2. The van der Waals surface area contributed by atoms with Crippen LogP contribution >= 0.6 is 11.6 Å². The van der Waals surface area contributed by atoms with Gasteiger partial charge < -0.3 is 10.1 Å². The second kappa shape index (κ2) is 7.31. The second-order valence-electron chi connectivity index (χ2n) is 5.16. The summed E-state index contributed by atoms with van der Waals surface area (Å²) >= 11 is 5.92. The molecule has 3 aromatic rings. The summed E-state index contributed by atoms with van der Waals surface area (Å²) in [6.07, 6.45) is 1.46. The van der Waals surface area contributed by atoms with E-state index in [1.807, 2.05) is 30.3 Å². The fraction of sp³-hybridized carbons (Fsp3) is 0.176. The molecule has 0 amide bonds. The Bertz CT molecular complexity index is 875. The van der Waals surface area contributed by atoms with E-state index < -0.39 is 5.97 Å². The van der Waals surface area contributed by atoms with Crippen LogP contribution in [-0.2, 0) is 4.74 Å². The Morgan fingerprint density at radius 3 is 2.72 bits per heavy atom. The normalized spacial score (nSPS) is 10.5. The molecule has 0 aliphatic carbocycles. The Morgan fingerprint density at radius 1 is 1.28 bits per heavy atom. The lowest BCUT2D eigenvalue weighted by molar-refractivity contribution is 0.0527. The molecule has 0 atom stereocenters. The van der Waals surface area contributed by atoms with Crippen molar-refractivity contribution < 1.29 is 9.53 Å². The molecule has 0 bridgehead atoms. The number of hydrogen-bond acceptors (Lipinski definition) is 6. The maximum Gasteiger partial charge on any atom is 0.343 e. The van der Waals surface area contributed by atoms with E-state index in [2.05, 4.69) is 20.4 Å². The zero-order chi connectivity index (χ0) is 17.8. The molecule has 3 rings (SSSR count). The number of para-hydroxylation sites is 1. The number of carbonyl (C=O) groups is 1. The van der Waals surface area contributed by atoms with Gasteiger partial charge in [0.05, 0.1) is 18.5 Å². The number of carbonyl (C=O) groups excluding carboxylic acids is 1. The van der Waals surface area contributed by atoms with Crippen molar-refractivity contribution in [2.45, 2.75) is 13.8 Å². The third-order valence-corrected chi connectivity index (χ3v) is 3.51. The molecular weight excluding hydrogens is 342 g/mol. The number of esters is 1. The molecule has 7 nitrogen and oxygen atoms in total. The fourth-order valence-corrected chi connectivity index (χ4v) is 2.53. The minimum absolute atomic E-state index is 0.117. The Balaban J connectivity index is 2.07. The van der Waals surface area contributed by atoms with Crippen molar-refractivity contribution in [3.8, 4) is 5.69 Å². The van der Waals surface area contributed by atoms with Gasteiger partial charge in [-0.15, -0.1) is 0 Å². The van der Waals surface area contributed by atoms with Crippen LogP contribution in [0.3, 0.4) is 0 Å². The first-order valence-corrected chi connectivity index (χ1v) is 8.05. The highest BCUT2D eigenvalue weighted by Crippen LogP contribution is 2.25. The molecule has 0 spiro atoms. The van der Waals surface area contributed by atoms with Crippen molar-refractivity contribution in [1.82, 2.24) is 19.7 Å². The molecule has 8 heteroatoms. The number of aromatic nitrogens is 4. The quantitative estimate of drug-likeness (QED) is 0.555. The fourth-order valence-electron chi connectivity index (χ4n) is 2.31. The number of benzene rings is 1. The van der Waals surface area contributed by atoms with Gasteiger partial charge in [-0.25, -0.2) is 19.4 Å². The van der Waals surface area contributed by atoms with Crippen molar-refractivity contribution in [2.75, 3.05) is 11.9 Å². The first-order chi connectivity index (χ1) is 12.1. The number of anilines is 2. The van der Waals surface area contributed by atoms with E-state index in [0.717, 1.165) is 5.69 Å². The Morgan fingerprint density at radius 2 is 2.04 bits per heavy atom. The maximum absolute atomic E-state index is 12.3. The zero-order valence-corrected chi connectivity index (χ0v) is 14.5. The standard InChI is InChI=1S/C17H16ClN5O2/c1-3-25-16(24)13-10-19-23(12-7-5-4-6-8-12)15(13)21-14-9-11(2)20-17(18)22-14/h4-10H,3H2,1-2H3,(H,20,21,22). The lowest BCUT2D eigenvalue weighted by Gasteiger charge is -2.12. The number of rotatable bonds is 5. The molecule has 0 aliphatic heterocycles. The summed E-state index contributed by atoms with van der Waals surface area (Å²) in [5, 5.41) is 7.53. The molecule has 1 aromatic carbocycles. The van der Waals surface area contributed by atoms with Gasteiger partial charge in [-0.1, -0.05) is 18.2 Å². The van der Waals surface area contributed by atoms with Gasteiger partial charge in [0.2, 0.25) is 5.28 Å². The summed E-state index contributed by atoms with van der Waals surface area (Å²) in [6, 6.07) is 11.2. The first-order valence-electron chi connectivity index (χ1n) is 7.67. The molecule has 0 unspecified atom stereocenters. The molecule has 2 aromatic heterocycles. The van der Waals surface area contributed by atoms with Gasteiger partial charge in [0.1, 0.15) is 17.2 Å². The number of nitrogens with zero attached hydrogens (tertiary/aromatic N) is 4. The lowest BCUT2D eigenvalue weighted by Crippen LogP contribution is -2.10. The molecule has 2 heterocycles. The minimum Gasteiger partial charge on any atom is -0.462 e. The Hall–Kier alpha value is -2.93. The highest BCUT2D eigenvalue weighted by Gasteiger charge is 2.20. The molecule has 0 aliphatic rings. The number of nitrogens with one attached hydrogen (secondary N) is 1. The molecule has 128 valence electrons. The van der Waals surface area contributed by atoms with Crippen LogP contribution in [-0.4, -0.2) is 32.3 Å². The SMILES string of the molecule is CCOC(=O)c1cnn(-c2ccccc2)c1Nc1cc(C)nc(Cl)n1. The van der Waals surface area contributed by atoms with Crippen LogP contribution in [0.5, 0.6) is 0 Å². The van der Waals surface area contributed by atoms with Crippen LogP contribution in [0.2, 0.25) is 5.28 Å². The van der Waals surface area contributed by atoms with Crippen molar-refractivity contribution in [2.24, 2.45) is 0 Å². The molecule has 0 fully saturated rings. The molecule has 1 N–H and O–H groups in total. The van der Waals surface area contributed by atoms with Crippen molar-refractivity contribution in [3.05, 3.63) is 59.1 Å². The third-order valence-electron chi connectivity index (χ3n) is 3.34. The van der Waals surface area contributed by atoms with Gasteiger partial charge in [-0.2, -0.15) is 5.10 Å². The predicted molar refractivity (Wildman–Crippen MR) is 94.6 cm³/mol. The van der Waals surface area contributed by atoms with Gasteiger partial charge in [0, 0.05) is 11.8 Å². The van der Waals surface area contributed by atoms with Crippen LogP contribution in [0.25, 0.3) is 5.69 Å². The third kappa shape index (κ3) is 3.77. The number of ether oxygens (including phenoxy) is 1. The van der Waals surface area contributed by atoms with E-state index >= 15 is 0 Å². The van der Waals surface area contributed by atoms with E-state index in [-0.39, 0.29) is 11.9 Å². The summed E-state index contributed by atoms with van der Waals surface area (Å²) in [5.41, 5.74) is 1.79. The van der Waals surface area contributed by atoms with Gasteiger partial charge in [0.25, 0.3) is 0 Å². The van der Waals surface area contributed by atoms with Gasteiger partial charge >= 0.3 is 5.97 Å². The van der Waals surface area contributed by atoms with E-state index in [4.69, 9.17) is 16.3 Å². The summed E-state index contributed by atoms with van der Waals surface area (Å²) in [5.74, 6) is 0.434. The number of hydrogen-bond donors (Lipinski definition) is 1. The van der Waals surface area contributed by atoms with E-state index in [0.29, 0.717) is 22.9 Å². The van der Waals surface area contributed by atoms with Crippen LogP contribution in [0.1, 0.15) is 23.0 Å². The van der Waals surface area contributed by atoms with E-state index in [1.54, 1.807) is 24.6 Å². The van der Waals surface area contributed by atoms with Crippen molar-refractivity contribution >= 4 is 29.2 Å². The van der Waals surface area contributed by atoms with Gasteiger partial charge in [0.15, 0.2) is 0 Å². The van der Waals surface area contributed by atoms with Crippen LogP contribution in [0.4, 0.5) is 11.6 Å². The minimum atomic E-state index is -0.468. The molecule has 0 saturated heterocycles. The lowest BCUT2D eigenvalue weighted by atomic mass is 10.3. The van der Waals surface area contributed by atoms with Crippen molar-refractivity contribution in [3.63, 3.8) is 0 Å². The Kier molecular flexibility index (Phi) is 4.95. The average Bonchev–Trinajstić information content (AvgIpc) is 2.98. The summed E-state index contributed by atoms with van der Waals surface area (Å²) in [4.78, 5) is 20.4. The average molecular weight is 358 g/mol. The molecule has 25 heavy (non-hydrogen) atoms. The summed E-state index contributed by atoms with van der Waals surface area (Å²) in [6.45, 7) is 3.83. The van der Waals surface area contributed by atoms with Crippen LogP contribution in [0.15, 0.2) is 42.6 Å². The second-order valence-corrected chi connectivity index (χ2v) is 5.50. The maximum atomic E-state index is 12.3. The topological polar surface area (TPSA) is 81.9 Å². The predicted octanol–water partition coefficient (Wildman–Crippen LogP) is 3.54. The highest BCUT2D eigenvalue weighted by atomic mass is 35.5. The Labute approximate surface area is 149 Å². The number of halogens is 1. The first kappa shape index (κ1) is 16.9. The zero-order valence-electron chi connectivity index (χ0n) is 13.7. The highest BCUT2D eigenvalue weighted by molar-refractivity contribution is 6.28. The molecule has 0 saturated carbocycles. The summed E-state index contributed by atoms with van der Waals surface area (Å²) in [7, 11) is 0.